The van der Waals surface area contributed by atoms with Gasteiger partial charge in [-0.15, -0.1) is 0 Å². The van der Waals surface area contributed by atoms with E-state index in [0.29, 0.717) is 0 Å². The van der Waals surface area contributed by atoms with Gasteiger partial charge in [0, 0.05) is 4.47 Å². The molecule has 2 aliphatic rings. The lowest BCUT2D eigenvalue weighted by Gasteiger charge is -2.30. The van der Waals surface area contributed by atoms with Crippen molar-refractivity contribution in [3.8, 4) is 0 Å². The van der Waals surface area contributed by atoms with Crippen LogP contribution >= 0.6 is 15.9 Å². The van der Waals surface area contributed by atoms with Crippen LogP contribution in [0.1, 0.15) is 44.1 Å². The minimum Gasteiger partial charge on any atom is -0.394 e. The Morgan fingerprint density at radius 3 is 2.25 bits per heavy atom. The van der Waals surface area contributed by atoms with E-state index in [-0.39, 0.29) is 23.5 Å². The molecule has 2 fully saturated rings. The summed E-state index contributed by atoms with van der Waals surface area (Å²) in [5, 5.41) is 12.8. The molecular weight excluding hydrogens is 318 g/mol. The molecule has 0 bridgehead atoms. The maximum absolute atomic E-state index is 12.7. The van der Waals surface area contributed by atoms with Crippen LogP contribution in [0, 0.1) is 0 Å². The molecule has 108 valence electrons. The van der Waals surface area contributed by atoms with Crippen molar-refractivity contribution >= 4 is 21.8 Å². The van der Waals surface area contributed by atoms with Crippen LogP contribution in [0.5, 0.6) is 0 Å². The van der Waals surface area contributed by atoms with Crippen molar-refractivity contribution in [3.63, 3.8) is 0 Å². The van der Waals surface area contributed by atoms with E-state index in [0.717, 1.165) is 48.6 Å². The number of halogens is 1. The number of hydrogen-bond donors (Lipinski definition) is 2. The fourth-order valence-electron chi connectivity index (χ4n) is 3.28. The van der Waals surface area contributed by atoms with Crippen LogP contribution in [0.4, 0.5) is 0 Å². The van der Waals surface area contributed by atoms with E-state index in [2.05, 4.69) is 21.2 Å². The number of carbonyl (C=O) groups excluding carboxylic acids is 1. The largest absolute Gasteiger partial charge is 0.394 e. The number of rotatable bonds is 4. The summed E-state index contributed by atoms with van der Waals surface area (Å²) in [5.41, 5.74) is 0.359. The Balaban J connectivity index is 1.78. The van der Waals surface area contributed by atoms with Crippen molar-refractivity contribution in [2.24, 2.45) is 0 Å². The minimum absolute atomic E-state index is 0.0508. The predicted octanol–water partition coefficient (Wildman–Crippen LogP) is 2.90. The van der Waals surface area contributed by atoms with Gasteiger partial charge >= 0.3 is 0 Å². The molecule has 2 saturated carbocycles. The van der Waals surface area contributed by atoms with E-state index in [4.69, 9.17) is 0 Å². The van der Waals surface area contributed by atoms with Gasteiger partial charge in [-0.05, 0) is 43.4 Å². The zero-order chi connectivity index (χ0) is 14.2. The first-order valence-corrected chi connectivity index (χ1v) is 8.09. The lowest BCUT2D eigenvalue weighted by molar-refractivity contribution is -0.126. The zero-order valence-corrected chi connectivity index (χ0v) is 13.1. The highest BCUT2D eigenvalue weighted by molar-refractivity contribution is 9.10. The molecule has 0 unspecified atom stereocenters. The van der Waals surface area contributed by atoms with Crippen LogP contribution in [-0.2, 0) is 10.2 Å². The number of aliphatic hydroxyl groups is 1. The number of carbonyl (C=O) groups is 1. The van der Waals surface area contributed by atoms with E-state index in [9.17, 15) is 9.90 Å². The van der Waals surface area contributed by atoms with Gasteiger partial charge in [0.2, 0.25) is 5.91 Å². The highest BCUT2D eigenvalue weighted by Crippen LogP contribution is 2.49. The molecule has 3 rings (SSSR count). The second-order valence-corrected chi connectivity index (χ2v) is 7.10. The molecule has 4 heteroatoms. The second-order valence-electron chi connectivity index (χ2n) is 6.19. The summed E-state index contributed by atoms with van der Waals surface area (Å²) in [7, 11) is 0. The lowest BCUT2D eigenvalue weighted by Crippen LogP contribution is -2.52. The third-order valence-corrected chi connectivity index (χ3v) is 5.35. The van der Waals surface area contributed by atoms with E-state index in [1.54, 1.807) is 0 Å². The minimum atomic E-state index is -0.373. The highest BCUT2D eigenvalue weighted by Gasteiger charge is 2.53. The molecule has 2 aliphatic carbocycles. The average Bonchev–Trinajstić information content (AvgIpc) is 3.14. The molecule has 0 heterocycles. The summed E-state index contributed by atoms with van der Waals surface area (Å²) in [6.07, 6.45) is 5.78. The van der Waals surface area contributed by atoms with Gasteiger partial charge in [0.25, 0.3) is 0 Å². The Labute approximate surface area is 127 Å². The van der Waals surface area contributed by atoms with Gasteiger partial charge in [-0.2, -0.15) is 0 Å². The first-order valence-electron chi connectivity index (χ1n) is 7.30. The number of hydrogen-bond acceptors (Lipinski definition) is 2. The molecule has 3 nitrogen and oxygen atoms in total. The van der Waals surface area contributed by atoms with Crippen LogP contribution in [0.25, 0.3) is 0 Å². The molecule has 0 atom stereocenters. The standard InChI is InChI=1S/C16H20BrNO2/c17-13-5-3-12(4-6-13)16(9-10-16)14(20)18-15(11-19)7-1-2-8-15/h3-6,19H,1-2,7-11H2,(H,18,20). The van der Waals surface area contributed by atoms with E-state index in [1.165, 1.54) is 0 Å². The molecular formula is C16H20BrNO2. The normalized spacial score (nSPS) is 22.5. The highest BCUT2D eigenvalue weighted by atomic mass is 79.9. The van der Waals surface area contributed by atoms with Crippen LogP contribution < -0.4 is 5.32 Å². The monoisotopic (exact) mass is 337 g/mol. The Bertz CT molecular complexity index is 502. The summed E-state index contributed by atoms with van der Waals surface area (Å²) < 4.78 is 1.03. The van der Waals surface area contributed by atoms with Crippen molar-refractivity contribution in [3.05, 3.63) is 34.3 Å². The lowest BCUT2D eigenvalue weighted by atomic mass is 9.91. The molecule has 1 aromatic carbocycles. The second kappa shape index (κ2) is 5.15. The summed E-state index contributed by atoms with van der Waals surface area (Å²) in [6.45, 7) is 0.0508. The Morgan fingerprint density at radius 1 is 1.15 bits per heavy atom. The Kier molecular flexibility index (Phi) is 3.63. The summed E-state index contributed by atoms with van der Waals surface area (Å²) in [6, 6.07) is 8.02. The molecule has 1 amide bonds. The van der Waals surface area contributed by atoms with Gasteiger partial charge < -0.3 is 10.4 Å². The molecule has 2 N–H and O–H groups in total. The number of amides is 1. The summed E-state index contributed by atoms with van der Waals surface area (Å²) >= 11 is 3.43. The first-order chi connectivity index (χ1) is 9.60. The molecule has 20 heavy (non-hydrogen) atoms. The fourth-order valence-corrected chi connectivity index (χ4v) is 3.54. The third-order valence-electron chi connectivity index (χ3n) is 4.82. The van der Waals surface area contributed by atoms with Crippen LogP contribution in [0.2, 0.25) is 0 Å². The molecule has 0 radical (unpaired) electrons. The average molecular weight is 338 g/mol. The Morgan fingerprint density at radius 2 is 1.75 bits per heavy atom. The third kappa shape index (κ3) is 2.40. The van der Waals surface area contributed by atoms with Crippen molar-refractivity contribution in [1.82, 2.24) is 5.32 Å². The molecule has 1 aromatic rings. The SMILES string of the molecule is O=C(NC1(CO)CCCC1)C1(c2ccc(Br)cc2)CC1. The number of aliphatic hydroxyl groups excluding tert-OH is 1. The summed E-state index contributed by atoms with van der Waals surface area (Å²) in [4.78, 5) is 12.7. The fraction of sp³-hybridized carbons (Fsp3) is 0.562. The maximum Gasteiger partial charge on any atom is 0.231 e. The van der Waals surface area contributed by atoms with Crippen molar-refractivity contribution in [1.29, 1.82) is 0 Å². The van der Waals surface area contributed by atoms with Gasteiger partial charge in [-0.1, -0.05) is 40.9 Å². The predicted molar refractivity (Wildman–Crippen MR) is 81.5 cm³/mol. The van der Waals surface area contributed by atoms with Crippen molar-refractivity contribution in [2.75, 3.05) is 6.61 Å². The number of nitrogens with one attached hydrogen (secondary N) is 1. The van der Waals surface area contributed by atoms with Crippen LogP contribution in [0.3, 0.4) is 0 Å². The quantitative estimate of drug-likeness (QED) is 0.887. The smallest absolute Gasteiger partial charge is 0.231 e. The maximum atomic E-state index is 12.7. The number of benzene rings is 1. The van der Waals surface area contributed by atoms with Crippen LogP contribution in [-0.4, -0.2) is 23.2 Å². The van der Waals surface area contributed by atoms with Crippen molar-refractivity contribution in [2.45, 2.75) is 49.5 Å². The van der Waals surface area contributed by atoms with Gasteiger partial charge in [-0.25, -0.2) is 0 Å². The molecule has 0 aromatic heterocycles. The topological polar surface area (TPSA) is 49.3 Å². The van der Waals surface area contributed by atoms with Gasteiger partial charge in [0.1, 0.15) is 0 Å². The molecule has 0 spiro atoms. The molecule has 0 aliphatic heterocycles. The van der Waals surface area contributed by atoms with E-state index >= 15 is 0 Å². The van der Waals surface area contributed by atoms with Gasteiger partial charge in [-0.3, -0.25) is 4.79 Å². The zero-order valence-electron chi connectivity index (χ0n) is 11.5. The Hall–Kier alpha value is -0.870. The van der Waals surface area contributed by atoms with E-state index < -0.39 is 0 Å². The molecule has 0 saturated heterocycles. The van der Waals surface area contributed by atoms with Gasteiger partial charge in [0.05, 0.1) is 17.6 Å². The van der Waals surface area contributed by atoms with Crippen molar-refractivity contribution < 1.29 is 9.90 Å². The van der Waals surface area contributed by atoms with Crippen LogP contribution in [0.15, 0.2) is 28.7 Å². The first kappa shape index (κ1) is 14.1. The summed E-state index contributed by atoms with van der Waals surface area (Å²) in [5.74, 6) is 0.0933. The van der Waals surface area contributed by atoms with E-state index in [1.807, 2.05) is 24.3 Å². The van der Waals surface area contributed by atoms with Gasteiger partial charge in [0.15, 0.2) is 0 Å².